The minimum Gasteiger partial charge on any atom is -0.457 e. The van der Waals surface area contributed by atoms with Crippen molar-refractivity contribution in [1.82, 2.24) is 9.80 Å². The lowest BCUT2D eigenvalue weighted by Gasteiger charge is -2.43. The fourth-order valence-electron chi connectivity index (χ4n) is 3.67. The van der Waals surface area contributed by atoms with Gasteiger partial charge >= 0.3 is 0 Å². The van der Waals surface area contributed by atoms with Gasteiger partial charge in [0.15, 0.2) is 0 Å². The molecule has 4 heteroatoms. The van der Waals surface area contributed by atoms with Crippen LogP contribution in [0.3, 0.4) is 0 Å². The van der Waals surface area contributed by atoms with Crippen molar-refractivity contribution >= 4 is 0 Å². The van der Waals surface area contributed by atoms with Crippen LogP contribution in [0.5, 0.6) is 11.5 Å². The molecule has 0 spiro atoms. The van der Waals surface area contributed by atoms with Gasteiger partial charge in [-0.15, -0.1) is 0 Å². The third-order valence-electron chi connectivity index (χ3n) is 5.06. The fraction of sp³-hybridized carbons (Fsp3) is 0.429. The predicted molar refractivity (Wildman–Crippen MR) is 103 cm³/mol. The first kappa shape index (κ1) is 17.9. The minimum atomic E-state index is 0.230. The summed E-state index contributed by atoms with van der Waals surface area (Å²) in [5.74, 6) is 1.72. The van der Waals surface area contributed by atoms with E-state index >= 15 is 0 Å². The molecule has 0 aromatic heterocycles. The Labute approximate surface area is 151 Å². The lowest BCUT2D eigenvalue weighted by Crippen LogP contribution is -2.53. The molecule has 0 amide bonds. The van der Waals surface area contributed by atoms with Crippen LogP contribution in [0.25, 0.3) is 0 Å². The van der Waals surface area contributed by atoms with Crippen LogP contribution in [0.2, 0.25) is 0 Å². The van der Waals surface area contributed by atoms with Crippen LogP contribution in [0.4, 0.5) is 0 Å². The summed E-state index contributed by atoms with van der Waals surface area (Å²) in [6.45, 7) is 9.53. The summed E-state index contributed by atoms with van der Waals surface area (Å²) in [7, 11) is 0. The number of likely N-dealkylation sites (N-methyl/N-ethyl adjacent to an activating group) is 1. The Kier molecular flexibility index (Phi) is 6.08. The van der Waals surface area contributed by atoms with E-state index < -0.39 is 0 Å². The highest BCUT2D eigenvalue weighted by atomic mass is 16.5. The van der Waals surface area contributed by atoms with Crippen molar-refractivity contribution in [1.29, 1.82) is 0 Å². The second-order valence-electron chi connectivity index (χ2n) is 6.72. The quantitative estimate of drug-likeness (QED) is 0.874. The SMILES string of the molecule is CCN1CCN(C(CN)c2cccc(Oc3ccccc3)c2)C(C)C1. The first-order valence-electron chi connectivity index (χ1n) is 9.22. The molecule has 4 nitrogen and oxygen atoms in total. The molecular weight excluding hydrogens is 310 g/mol. The molecule has 0 bridgehead atoms. The Bertz CT molecular complexity index is 661. The van der Waals surface area contributed by atoms with E-state index in [1.165, 1.54) is 5.56 Å². The van der Waals surface area contributed by atoms with Gasteiger partial charge in [0.25, 0.3) is 0 Å². The Morgan fingerprint density at radius 2 is 1.84 bits per heavy atom. The van der Waals surface area contributed by atoms with Crippen molar-refractivity contribution in [3.63, 3.8) is 0 Å². The molecule has 0 saturated carbocycles. The molecule has 25 heavy (non-hydrogen) atoms. The number of nitrogens with zero attached hydrogens (tertiary/aromatic N) is 2. The lowest BCUT2D eigenvalue weighted by atomic mass is 10.0. The standard InChI is InChI=1S/C21H29N3O/c1-3-23-12-13-24(17(2)16-23)21(15-22)18-8-7-11-20(14-18)25-19-9-5-4-6-10-19/h4-11,14,17,21H,3,12-13,15-16,22H2,1-2H3. The van der Waals surface area contributed by atoms with Crippen LogP contribution in [-0.4, -0.2) is 48.6 Å². The van der Waals surface area contributed by atoms with Gasteiger partial charge in [0, 0.05) is 38.3 Å². The maximum atomic E-state index is 6.17. The molecule has 2 N–H and O–H groups in total. The van der Waals surface area contributed by atoms with Crippen LogP contribution in [-0.2, 0) is 0 Å². The third kappa shape index (κ3) is 4.40. The van der Waals surface area contributed by atoms with Gasteiger partial charge < -0.3 is 15.4 Å². The highest BCUT2D eigenvalue weighted by Gasteiger charge is 2.29. The normalized spacial score (nSPS) is 20.4. The molecule has 1 fully saturated rings. The Morgan fingerprint density at radius 1 is 1.08 bits per heavy atom. The number of benzene rings is 2. The minimum absolute atomic E-state index is 0.230. The van der Waals surface area contributed by atoms with E-state index in [0.29, 0.717) is 12.6 Å². The van der Waals surface area contributed by atoms with E-state index in [0.717, 1.165) is 37.7 Å². The summed E-state index contributed by atoms with van der Waals surface area (Å²) in [6, 6.07) is 19.0. The average Bonchev–Trinajstić information content (AvgIpc) is 2.65. The van der Waals surface area contributed by atoms with Crippen LogP contribution >= 0.6 is 0 Å². The van der Waals surface area contributed by atoms with E-state index in [1.54, 1.807) is 0 Å². The molecule has 134 valence electrons. The number of ether oxygens (including phenoxy) is 1. The van der Waals surface area contributed by atoms with Crippen LogP contribution in [0, 0.1) is 0 Å². The Hall–Kier alpha value is -1.88. The number of hydrogen-bond acceptors (Lipinski definition) is 4. The monoisotopic (exact) mass is 339 g/mol. The number of hydrogen-bond donors (Lipinski definition) is 1. The fourth-order valence-corrected chi connectivity index (χ4v) is 3.67. The van der Waals surface area contributed by atoms with Gasteiger partial charge in [-0.2, -0.15) is 0 Å². The maximum absolute atomic E-state index is 6.17. The predicted octanol–water partition coefficient (Wildman–Crippen LogP) is 3.50. The van der Waals surface area contributed by atoms with Crippen molar-refractivity contribution < 1.29 is 4.74 Å². The summed E-state index contributed by atoms with van der Waals surface area (Å²) in [5, 5.41) is 0. The van der Waals surface area contributed by atoms with E-state index in [2.05, 4.69) is 41.8 Å². The molecule has 2 aromatic rings. The maximum Gasteiger partial charge on any atom is 0.127 e. The zero-order valence-corrected chi connectivity index (χ0v) is 15.3. The smallest absolute Gasteiger partial charge is 0.127 e. The second kappa shape index (κ2) is 8.48. The number of nitrogens with two attached hydrogens (primary N) is 1. The number of rotatable bonds is 6. The molecule has 2 unspecified atom stereocenters. The van der Waals surface area contributed by atoms with Crippen molar-refractivity contribution in [2.75, 3.05) is 32.7 Å². The van der Waals surface area contributed by atoms with Gasteiger partial charge in [-0.25, -0.2) is 0 Å². The summed E-state index contributed by atoms with van der Waals surface area (Å²) < 4.78 is 5.99. The zero-order valence-electron chi connectivity index (χ0n) is 15.3. The molecule has 2 atom stereocenters. The van der Waals surface area contributed by atoms with E-state index in [-0.39, 0.29) is 6.04 Å². The van der Waals surface area contributed by atoms with Gasteiger partial charge in [0.1, 0.15) is 11.5 Å². The van der Waals surface area contributed by atoms with Gasteiger partial charge in [0.2, 0.25) is 0 Å². The molecule has 3 rings (SSSR count). The van der Waals surface area contributed by atoms with Crippen LogP contribution < -0.4 is 10.5 Å². The Morgan fingerprint density at radius 3 is 2.52 bits per heavy atom. The van der Waals surface area contributed by atoms with E-state index in [4.69, 9.17) is 10.5 Å². The molecule has 1 aliphatic rings. The number of piperazine rings is 1. The van der Waals surface area contributed by atoms with E-state index in [1.807, 2.05) is 36.4 Å². The third-order valence-corrected chi connectivity index (χ3v) is 5.06. The largest absolute Gasteiger partial charge is 0.457 e. The van der Waals surface area contributed by atoms with Gasteiger partial charge in [-0.3, -0.25) is 4.90 Å². The van der Waals surface area contributed by atoms with Crippen molar-refractivity contribution in [2.24, 2.45) is 5.73 Å². The molecule has 1 aliphatic heterocycles. The van der Waals surface area contributed by atoms with Crippen molar-refractivity contribution in [2.45, 2.75) is 25.9 Å². The van der Waals surface area contributed by atoms with Gasteiger partial charge in [-0.05, 0) is 43.3 Å². The van der Waals surface area contributed by atoms with Gasteiger partial charge in [-0.1, -0.05) is 37.3 Å². The van der Waals surface area contributed by atoms with E-state index in [9.17, 15) is 0 Å². The van der Waals surface area contributed by atoms with Crippen LogP contribution in [0.1, 0.15) is 25.5 Å². The number of para-hydroxylation sites is 1. The highest BCUT2D eigenvalue weighted by molar-refractivity contribution is 5.35. The first-order chi connectivity index (χ1) is 12.2. The first-order valence-corrected chi connectivity index (χ1v) is 9.22. The topological polar surface area (TPSA) is 41.7 Å². The summed E-state index contributed by atoms with van der Waals surface area (Å²) in [5.41, 5.74) is 7.40. The Balaban J connectivity index is 1.76. The lowest BCUT2D eigenvalue weighted by molar-refractivity contribution is 0.0535. The van der Waals surface area contributed by atoms with Crippen LogP contribution in [0.15, 0.2) is 54.6 Å². The van der Waals surface area contributed by atoms with Crippen molar-refractivity contribution in [3.05, 3.63) is 60.2 Å². The van der Waals surface area contributed by atoms with Gasteiger partial charge in [0.05, 0.1) is 0 Å². The summed E-state index contributed by atoms with van der Waals surface area (Å²) in [4.78, 5) is 5.04. The molecule has 0 aliphatic carbocycles. The molecule has 1 heterocycles. The highest BCUT2D eigenvalue weighted by Crippen LogP contribution is 2.29. The molecular formula is C21H29N3O. The summed E-state index contributed by atoms with van der Waals surface area (Å²) in [6.07, 6.45) is 0. The molecule has 1 saturated heterocycles. The second-order valence-corrected chi connectivity index (χ2v) is 6.72. The zero-order chi connectivity index (χ0) is 17.6. The molecule has 0 radical (unpaired) electrons. The molecule has 2 aromatic carbocycles. The summed E-state index contributed by atoms with van der Waals surface area (Å²) >= 11 is 0. The average molecular weight is 339 g/mol. The van der Waals surface area contributed by atoms with Crippen molar-refractivity contribution in [3.8, 4) is 11.5 Å².